The second-order valence-electron chi connectivity index (χ2n) is 6.29. The van der Waals surface area contributed by atoms with E-state index in [1.54, 1.807) is 11.3 Å². The molecule has 23 heavy (non-hydrogen) atoms. The number of carbonyl (C=O) groups excluding carboxylic acids is 2. The zero-order valence-corrected chi connectivity index (χ0v) is 14.6. The average Bonchev–Trinajstić information content (AvgIpc) is 3.06. The van der Waals surface area contributed by atoms with Crippen molar-refractivity contribution in [1.29, 1.82) is 0 Å². The van der Waals surface area contributed by atoms with Crippen LogP contribution in [0.15, 0.2) is 17.5 Å². The highest BCUT2D eigenvalue weighted by molar-refractivity contribution is 7.09. The predicted molar refractivity (Wildman–Crippen MR) is 93.2 cm³/mol. The number of nitrogens with zero attached hydrogens (tertiary/aromatic N) is 1. The number of amides is 2. The van der Waals surface area contributed by atoms with Crippen LogP contribution in [0.2, 0.25) is 0 Å². The maximum atomic E-state index is 12.2. The summed E-state index contributed by atoms with van der Waals surface area (Å²) in [7, 11) is 0. The molecule has 5 nitrogen and oxygen atoms in total. The highest BCUT2D eigenvalue weighted by Crippen LogP contribution is 2.18. The van der Waals surface area contributed by atoms with Gasteiger partial charge in [0.05, 0.1) is 0 Å². The summed E-state index contributed by atoms with van der Waals surface area (Å²) in [4.78, 5) is 27.4. The van der Waals surface area contributed by atoms with Crippen molar-refractivity contribution in [2.24, 2.45) is 11.7 Å². The first-order valence-electron chi connectivity index (χ1n) is 8.39. The monoisotopic (exact) mass is 337 g/mol. The molecule has 1 aliphatic heterocycles. The summed E-state index contributed by atoms with van der Waals surface area (Å²) in [6.45, 7) is 3.97. The summed E-state index contributed by atoms with van der Waals surface area (Å²) in [5.41, 5.74) is 5.69. The van der Waals surface area contributed by atoms with Gasteiger partial charge < -0.3 is 16.0 Å². The van der Waals surface area contributed by atoms with Gasteiger partial charge in [-0.25, -0.2) is 0 Å². The molecule has 3 N–H and O–H groups in total. The molecular weight excluding hydrogens is 310 g/mol. The van der Waals surface area contributed by atoms with Crippen molar-refractivity contribution in [1.82, 2.24) is 10.2 Å². The average molecular weight is 337 g/mol. The molecule has 128 valence electrons. The first-order chi connectivity index (χ1) is 11.1. The number of rotatable bonds is 7. The van der Waals surface area contributed by atoms with Crippen molar-refractivity contribution in [3.05, 3.63) is 22.4 Å². The Kier molecular flexibility index (Phi) is 7.05. The zero-order chi connectivity index (χ0) is 16.7. The van der Waals surface area contributed by atoms with E-state index in [0.29, 0.717) is 26.1 Å². The van der Waals surface area contributed by atoms with Gasteiger partial charge in [0.25, 0.3) is 0 Å². The number of thiophene rings is 1. The van der Waals surface area contributed by atoms with Crippen LogP contribution in [0.4, 0.5) is 0 Å². The number of hydrogen-bond donors (Lipinski definition) is 2. The second kappa shape index (κ2) is 9.03. The van der Waals surface area contributed by atoms with Crippen LogP contribution in [0, 0.1) is 5.92 Å². The molecule has 1 aromatic heterocycles. The summed E-state index contributed by atoms with van der Waals surface area (Å²) >= 11 is 1.72. The summed E-state index contributed by atoms with van der Waals surface area (Å²) in [6.07, 6.45) is 3.64. The molecule has 1 saturated heterocycles. The topological polar surface area (TPSA) is 75.4 Å². The molecule has 1 unspecified atom stereocenters. The fourth-order valence-corrected chi connectivity index (χ4v) is 3.52. The van der Waals surface area contributed by atoms with E-state index in [-0.39, 0.29) is 23.8 Å². The third-order valence-electron chi connectivity index (χ3n) is 4.28. The van der Waals surface area contributed by atoms with Crippen LogP contribution in [-0.4, -0.2) is 42.4 Å². The Hall–Kier alpha value is -1.40. The number of nitrogens with two attached hydrogens (primary N) is 1. The number of nitrogens with one attached hydrogen (secondary N) is 1. The molecule has 0 spiro atoms. The summed E-state index contributed by atoms with van der Waals surface area (Å²) in [5.74, 6) is 0.332. The van der Waals surface area contributed by atoms with E-state index in [0.717, 1.165) is 25.7 Å². The Balaban J connectivity index is 1.65. The van der Waals surface area contributed by atoms with Crippen molar-refractivity contribution in [3.8, 4) is 0 Å². The molecule has 0 radical (unpaired) electrons. The molecule has 0 bridgehead atoms. The lowest BCUT2D eigenvalue weighted by Crippen LogP contribution is -2.43. The zero-order valence-electron chi connectivity index (χ0n) is 13.8. The van der Waals surface area contributed by atoms with Gasteiger partial charge in [-0.1, -0.05) is 6.07 Å². The largest absolute Gasteiger partial charge is 0.355 e. The van der Waals surface area contributed by atoms with E-state index in [4.69, 9.17) is 5.73 Å². The van der Waals surface area contributed by atoms with E-state index >= 15 is 0 Å². The van der Waals surface area contributed by atoms with Gasteiger partial charge >= 0.3 is 0 Å². The van der Waals surface area contributed by atoms with Crippen LogP contribution in [0.5, 0.6) is 0 Å². The maximum absolute atomic E-state index is 12.2. The van der Waals surface area contributed by atoms with Gasteiger partial charge in [0.15, 0.2) is 0 Å². The van der Waals surface area contributed by atoms with Crippen LogP contribution < -0.4 is 11.1 Å². The van der Waals surface area contributed by atoms with Crippen LogP contribution >= 0.6 is 11.3 Å². The fraction of sp³-hybridized carbons (Fsp3) is 0.647. The highest BCUT2D eigenvalue weighted by atomic mass is 32.1. The Morgan fingerprint density at radius 1 is 1.43 bits per heavy atom. The van der Waals surface area contributed by atoms with Gasteiger partial charge in [-0.3, -0.25) is 9.59 Å². The molecule has 2 rings (SSSR count). The molecular formula is C17H27N3O2S. The minimum atomic E-state index is 0.0378. The van der Waals surface area contributed by atoms with Crippen molar-refractivity contribution in [2.75, 3.05) is 19.6 Å². The van der Waals surface area contributed by atoms with Gasteiger partial charge in [0.2, 0.25) is 11.8 Å². The van der Waals surface area contributed by atoms with E-state index in [9.17, 15) is 9.59 Å². The predicted octanol–water partition coefficient (Wildman–Crippen LogP) is 1.77. The Labute approximate surface area is 142 Å². The molecule has 1 aliphatic rings. The van der Waals surface area contributed by atoms with Gasteiger partial charge in [0.1, 0.15) is 0 Å². The molecule has 1 aromatic rings. The lowest BCUT2D eigenvalue weighted by molar-refractivity contribution is -0.135. The quantitative estimate of drug-likeness (QED) is 0.796. The Morgan fingerprint density at radius 2 is 2.17 bits per heavy atom. The second-order valence-corrected chi connectivity index (χ2v) is 7.32. The standard InChI is InChI=1S/C17H27N3O2S/c1-13(18)4-5-16(21)20-10-7-14(8-11-20)17(22)19-9-6-15-3-2-12-23-15/h2-3,12-14H,4-11,18H2,1H3,(H,19,22). The molecule has 0 aliphatic carbocycles. The molecule has 1 atom stereocenters. The summed E-state index contributed by atoms with van der Waals surface area (Å²) < 4.78 is 0. The molecule has 6 heteroatoms. The van der Waals surface area contributed by atoms with Gasteiger partial charge in [-0.05, 0) is 44.1 Å². The lowest BCUT2D eigenvalue weighted by Gasteiger charge is -2.31. The molecule has 2 heterocycles. The fourth-order valence-electron chi connectivity index (χ4n) is 2.81. The van der Waals surface area contributed by atoms with Crippen molar-refractivity contribution < 1.29 is 9.59 Å². The van der Waals surface area contributed by atoms with Crippen molar-refractivity contribution >= 4 is 23.2 Å². The molecule has 1 fully saturated rings. The SMILES string of the molecule is CC(N)CCC(=O)N1CCC(C(=O)NCCc2cccs2)CC1. The van der Waals surface area contributed by atoms with Crippen molar-refractivity contribution in [2.45, 2.75) is 45.1 Å². The van der Waals surface area contributed by atoms with E-state index in [1.165, 1.54) is 4.88 Å². The molecule has 2 amide bonds. The third-order valence-corrected chi connectivity index (χ3v) is 5.22. The number of piperidine rings is 1. The summed E-state index contributed by atoms with van der Waals surface area (Å²) in [5, 5.41) is 5.07. The molecule has 0 aromatic carbocycles. The smallest absolute Gasteiger partial charge is 0.223 e. The number of hydrogen-bond acceptors (Lipinski definition) is 4. The van der Waals surface area contributed by atoms with E-state index in [2.05, 4.69) is 16.8 Å². The van der Waals surface area contributed by atoms with Gasteiger partial charge in [0, 0.05) is 42.9 Å². The van der Waals surface area contributed by atoms with Gasteiger partial charge in [-0.2, -0.15) is 0 Å². The minimum Gasteiger partial charge on any atom is -0.355 e. The Bertz CT molecular complexity index is 494. The van der Waals surface area contributed by atoms with Crippen LogP contribution in [0.3, 0.4) is 0 Å². The molecule has 0 saturated carbocycles. The first-order valence-corrected chi connectivity index (χ1v) is 9.27. The normalized spacial score (nSPS) is 17.0. The van der Waals surface area contributed by atoms with Gasteiger partial charge in [-0.15, -0.1) is 11.3 Å². The summed E-state index contributed by atoms with van der Waals surface area (Å²) in [6, 6.07) is 4.17. The minimum absolute atomic E-state index is 0.0378. The number of likely N-dealkylation sites (tertiary alicyclic amines) is 1. The highest BCUT2D eigenvalue weighted by Gasteiger charge is 2.26. The number of carbonyl (C=O) groups is 2. The van der Waals surface area contributed by atoms with Crippen LogP contribution in [0.25, 0.3) is 0 Å². The first kappa shape index (κ1) is 17.9. The Morgan fingerprint density at radius 3 is 2.78 bits per heavy atom. The van der Waals surface area contributed by atoms with E-state index in [1.807, 2.05) is 17.9 Å². The lowest BCUT2D eigenvalue weighted by atomic mass is 9.95. The van der Waals surface area contributed by atoms with E-state index < -0.39 is 0 Å². The third kappa shape index (κ3) is 5.95. The van der Waals surface area contributed by atoms with Crippen LogP contribution in [0.1, 0.15) is 37.5 Å². The maximum Gasteiger partial charge on any atom is 0.223 e. The van der Waals surface area contributed by atoms with Crippen LogP contribution in [-0.2, 0) is 16.0 Å². The van der Waals surface area contributed by atoms with Crippen molar-refractivity contribution in [3.63, 3.8) is 0 Å².